The maximum atomic E-state index is 12.6. The van der Waals surface area contributed by atoms with Gasteiger partial charge in [0.05, 0.1) is 16.8 Å². The first kappa shape index (κ1) is 19.8. The average Bonchev–Trinajstić information content (AvgIpc) is 2.68. The van der Waals surface area contributed by atoms with Crippen LogP contribution in [0.25, 0.3) is 0 Å². The fourth-order valence-corrected chi connectivity index (χ4v) is 2.52. The molecule has 3 aromatic rings. The number of hydrogen-bond acceptors (Lipinski definition) is 3. The first-order valence-corrected chi connectivity index (χ1v) is 8.90. The van der Waals surface area contributed by atoms with Crippen LogP contribution in [0, 0.1) is 0 Å². The average molecular weight is 448 g/mol. The van der Waals surface area contributed by atoms with Gasteiger partial charge in [0.1, 0.15) is 5.75 Å². The number of esters is 1. The van der Waals surface area contributed by atoms with E-state index in [0.717, 1.165) is 16.6 Å². The lowest BCUT2D eigenvalue weighted by Crippen LogP contribution is -2.08. The number of carbonyl (C=O) groups excluding carboxylic acids is 1. The summed E-state index contributed by atoms with van der Waals surface area (Å²) in [5.41, 5.74) is 0.738. The van der Waals surface area contributed by atoms with Crippen molar-refractivity contribution in [1.82, 2.24) is 0 Å². The summed E-state index contributed by atoms with van der Waals surface area (Å²) in [6.07, 6.45) is -2.87. The number of benzene rings is 3. The van der Waals surface area contributed by atoms with E-state index >= 15 is 0 Å². The summed E-state index contributed by atoms with van der Waals surface area (Å²) in [5, 5.41) is 0. The highest BCUT2D eigenvalue weighted by atomic mass is 79.9. The summed E-state index contributed by atoms with van der Waals surface area (Å²) < 4.78 is 43.8. The van der Waals surface area contributed by atoms with Crippen molar-refractivity contribution in [3.05, 3.63) is 94.0 Å². The van der Waals surface area contributed by atoms with Crippen molar-refractivity contribution in [3.63, 3.8) is 0 Å². The van der Waals surface area contributed by atoms with Gasteiger partial charge in [0.25, 0.3) is 0 Å². The molecule has 0 heterocycles. The molecule has 0 aliphatic rings. The molecular formula is C21H13BrF3NO2. The normalized spacial score (nSPS) is 11.6. The third-order valence-electron chi connectivity index (χ3n) is 3.73. The van der Waals surface area contributed by atoms with Crippen molar-refractivity contribution >= 4 is 33.8 Å². The van der Waals surface area contributed by atoms with Crippen LogP contribution in [0.5, 0.6) is 5.75 Å². The van der Waals surface area contributed by atoms with E-state index in [0.29, 0.717) is 22.6 Å². The Morgan fingerprint density at radius 1 is 0.893 bits per heavy atom. The van der Waals surface area contributed by atoms with Gasteiger partial charge in [-0.05, 0) is 66.2 Å². The number of aliphatic imine (C=N–C) groups is 1. The van der Waals surface area contributed by atoms with Crippen molar-refractivity contribution in [1.29, 1.82) is 0 Å². The highest BCUT2D eigenvalue weighted by molar-refractivity contribution is 9.10. The molecule has 142 valence electrons. The van der Waals surface area contributed by atoms with Gasteiger partial charge in [0.15, 0.2) is 0 Å². The zero-order valence-electron chi connectivity index (χ0n) is 14.3. The number of nitrogens with zero attached hydrogens (tertiary/aromatic N) is 1. The van der Waals surface area contributed by atoms with Crippen LogP contribution >= 0.6 is 15.9 Å². The summed E-state index contributed by atoms with van der Waals surface area (Å²) in [7, 11) is 0. The summed E-state index contributed by atoms with van der Waals surface area (Å²) in [6.45, 7) is 0. The zero-order chi connectivity index (χ0) is 20.1. The summed E-state index contributed by atoms with van der Waals surface area (Å²) in [6, 6.07) is 18.0. The number of alkyl halides is 3. The Morgan fingerprint density at radius 3 is 2.07 bits per heavy atom. The maximum absolute atomic E-state index is 12.6. The Bertz CT molecular complexity index is 980. The molecule has 0 amide bonds. The second kappa shape index (κ2) is 8.39. The highest BCUT2D eigenvalue weighted by Gasteiger charge is 2.29. The molecule has 3 nitrogen and oxygen atoms in total. The minimum Gasteiger partial charge on any atom is -0.423 e. The Labute approximate surface area is 167 Å². The predicted octanol–water partition coefficient (Wildman–Crippen LogP) is 6.44. The largest absolute Gasteiger partial charge is 0.423 e. The van der Waals surface area contributed by atoms with Crippen molar-refractivity contribution in [2.45, 2.75) is 6.18 Å². The van der Waals surface area contributed by atoms with Gasteiger partial charge in [-0.3, -0.25) is 4.99 Å². The van der Waals surface area contributed by atoms with E-state index in [-0.39, 0.29) is 0 Å². The maximum Gasteiger partial charge on any atom is 0.416 e. The molecule has 0 saturated carbocycles. The molecule has 7 heteroatoms. The Kier molecular flexibility index (Phi) is 5.94. The van der Waals surface area contributed by atoms with E-state index in [1.807, 2.05) is 0 Å². The number of ether oxygens (including phenoxy) is 1. The Hall–Kier alpha value is -2.93. The van der Waals surface area contributed by atoms with Crippen LogP contribution in [0.2, 0.25) is 0 Å². The van der Waals surface area contributed by atoms with E-state index in [1.165, 1.54) is 18.3 Å². The third kappa shape index (κ3) is 5.29. The van der Waals surface area contributed by atoms with E-state index in [1.54, 1.807) is 48.5 Å². The molecule has 0 aromatic heterocycles. The zero-order valence-corrected chi connectivity index (χ0v) is 15.9. The molecule has 0 saturated heterocycles. The lowest BCUT2D eigenvalue weighted by molar-refractivity contribution is -0.137. The Morgan fingerprint density at radius 2 is 1.50 bits per heavy atom. The van der Waals surface area contributed by atoms with Crippen LogP contribution < -0.4 is 4.74 Å². The molecule has 0 N–H and O–H groups in total. The molecular weight excluding hydrogens is 435 g/mol. The van der Waals surface area contributed by atoms with Gasteiger partial charge in [-0.1, -0.05) is 28.1 Å². The van der Waals surface area contributed by atoms with Gasteiger partial charge >= 0.3 is 12.1 Å². The molecule has 28 heavy (non-hydrogen) atoms. The lowest BCUT2D eigenvalue weighted by atomic mass is 10.1. The van der Waals surface area contributed by atoms with E-state index in [2.05, 4.69) is 20.9 Å². The van der Waals surface area contributed by atoms with Crippen molar-refractivity contribution in [3.8, 4) is 5.75 Å². The topological polar surface area (TPSA) is 38.7 Å². The fourth-order valence-electron chi connectivity index (χ4n) is 2.26. The van der Waals surface area contributed by atoms with Crippen LogP contribution in [-0.2, 0) is 6.18 Å². The fraction of sp³-hybridized carbons (Fsp3) is 0.0476. The first-order chi connectivity index (χ1) is 13.3. The first-order valence-electron chi connectivity index (χ1n) is 8.10. The summed E-state index contributed by atoms with van der Waals surface area (Å²) >= 11 is 3.31. The molecule has 0 aliphatic heterocycles. The van der Waals surface area contributed by atoms with Gasteiger partial charge in [0.2, 0.25) is 0 Å². The quantitative estimate of drug-likeness (QED) is 0.262. The molecule has 0 radical (unpaired) electrons. The van der Waals surface area contributed by atoms with Crippen LogP contribution in [0.1, 0.15) is 21.5 Å². The molecule has 0 spiro atoms. The van der Waals surface area contributed by atoms with Crippen molar-refractivity contribution < 1.29 is 22.7 Å². The van der Waals surface area contributed by atoms with Gasteiger partial charge in [-0.2, -0.15) is 13.2 Å². The molecule has 3 rings (SSSR count). The predicted molar refractivity (Wildman–Crippen MR) is 104 cm³/mol. The smallest absolute Gasteiger partial charge is 0.416 e. The summed E-state index contributed by atoms with van der Waals surface area (Å²) in [4.78, 5) is 16.3. The summed E-state index contributed by atoms with van der Waals surface area (Å²) in [5.74, 6) is -0.0605. The van der Waals surface area contributed by atoms with Crippen LogP contribution in [-0.4, -0.2) is 12.2 Å². The lowest BCUT2D eigenvalue weighted by Gasteiger charge is -2.06. The number of carbonyl (C=O) groups is 1. The number of rotatable bonds is 4. The van der Waals surface area contributed by atoms with Crippen molar-refractivity contribution in [2.75, 3.05) is 0 Å². The third-order valence-corrected chi connectivity index (χ3v) is 4.26. The van der Waals surface area contributed by atoms with Crippen LogP contribution in [0.4, 0.5) is 18.9 Å². The molecule has 0 atom stereocenters. The number of halogens is 4. The molecule has 0 aliphatic carbocycles. The second-order valence-electron chi connectivity index (χ2n) is 5.77. The minimum absolute atomic E-state index is 0.370. The Balaban J connectivity index is 1.64. The monoisotopic (exact) mass is 447 g/mol. The molecule has 3 aromatic carbocycles. The molecule has 0 unspecified atom stereocenters. The van der Waals surface area contributed by atoms with Crippen molar-refractivity contribution in [2.24, 2.45) is 4.99 Å². The van der Waals surface area contributed by atoms with E-state index < -0.39 is 17.7 Å². The SMILES string of the molecule is O=C(Oc1ccc(Br)cc1)c1ccc(C=Nc2ccc(C(F)(F)F)cc2)cc1. The minimum atomic E-state index is -4.37. The molecule has 0 bridgehead atoms. The van der Waals surface area contributed by atoms with E-state index in [9.17, 15) is 18.0 Å². The van der Waals surface area contributed by atoms with Gasteiger partial charge in [-0.25, -0.2) is 4.79 Å². The van der Waals surface area contributed by atoms with Crippen LogP contribution in [0.15, 0.2) is 82.3 Å². The van der Waals surface area contributed by atoms with Gasteiger partial charge < -0.3 is 4.74 Å². The standard InChI is InChI=1S/C21H13BrF3NO2/c22-17-7-11-19(12-8-17)28-20(27)15-3-1-14(2-4-15)13-26-18-9-5-16(6-10-18)21(23,24)25/h1-13H. The van der Waals surface area contributed by atoms with Crippen LogP contribution in [0.3, 0.4) is 0 Å². The second-order valence-corrected chi connectivity index (χ2v) is 6.68. The highest BCUT2D eigenvalue weighted by Crippen LogP contribution is 2.30. The number of hydrogen-bond donors (Lipinski definition) is 0. The van der Waals surface area contributed by atoms with Gasteiger partial charge in [0, 0.05) is 10.7 Å². The van der Waals surface area contributed by atoms with E-state index in [4.69, 9.17) is 4.74 Å². The van der Waals surface area contributed by atoms with Gasteiger partial charge in [-0.15, -0.1) is 0 Å². The molecule has 0 fully saturated rings.